The van der Waals surface area contributed by atoms with Gasteiger partial charge in [-0.1, -0.05) is 12.1 Å². The van der Waals surface area contributed by atoms with Gasteiger partial charge in [0.1, 0.15) is 0 Å². The highest BCUT2D eigenvalue weighted by Gasteiger charge is 2.41. The second-order valence-electron chi connectivity index (χ2n) is 4.85. The summed E-state index contributed by atoms with van der Waals surface area (Å²) in [5.74, 6) is 0.412. The van der Waals surface area contributed by atoms with Crippen LogP contribution >= 0.6 is 0 Å². The molecule has 0 amide bonds. The smallest absolute Gasteiger partial charge is 0.193 e. The molecule has 1 fully saturated rings. The third-order valence-corrected chi connectivity index (χ3v) is 3.17. The molecule has 1 aliphatic carbocycles. The number of nitrogens with one attached hydrogen (secondary N) is 1. The third-order valence-electron chi connectivity index (χ3n) is 3.17. The molecule has 4 heteroatoms. The summed E-state index contributed by atoms with van der Waals surface area (Å²) in [5.41, 5.74) is 7.94. The van der Waals surface area contributed by atoms with Crippen molar-refractivity contribution < 1.29 is 5.11 Å². The molecule has 0 bridgehead atoms. The van der Waals surface area contributed by atoms with Gasteiger partial charge in [0.05, 0.1) is 13.2 Å². The van der Waals surface area contributed by atoms with Gasteiger partial charge in [0, 0.05) is 11.1 Å². The van der Waals surface area contributed by atoms with E-state index in [1.165, 1.54) is 5.56 Å². The Morgan fingerprint density at radius 2 is 2.29 bits per heavy atom. The standard InChI is InChI=1S/C13H19N3O/c1-10-3-2-4-11(7-10)16-12(14)15-8-13(9-17)5-6-13/h2-4,7,17H,5-6,8-9H2,1H3,(H3,14,15,16). The van der Waals surface area contributed by atoms with Crippen LogP contribution in [-0.4, -0.2) is 24.2 Å². The highest BCUT2D eigenvalue weighted by Crippen LogP contribution is 2.45. The first kappa shape index (κ1) is 11.9. The summed E-state index contributed by atoms with van der Waals surface area (Å²) in [6.07, 6.45) is 2.09. The Balaban J connectivity index is 1.92. The fraction of sp³-hybridized carbons (Fsp3) is 0.462. The van der Waals surface area contributed by atoms with Crippen LogP contribution in [0, 0.1) is 12.3 Å². The quantitative estimate of drug-likeness (QED) is 0.545. The van der Waals surface area contributed by atoms with E-state index in [9.17, 15) is 0 Å². The maximum atomic E-state index is 9.17. The minimum Gasteiger partial charge on any atom is -0.396 e. The van der Waals surface area contributed by atoms with Crippen LogP contribution in [0.1, 0.15) is 18.4 Å². The zero-order valence-corrected chi connectivity index (χ0v) is 10.1. The van der Waals surface area contributed by atoms with Gasteiger partial charge in [-0.2, -0.15) is 0 Å². The van der Waals surface area contributed by atoms with Crippen LogP contribution in [0.5, 0.6) is 0 Å². The van der Waals surface area contributed by atoms with E-state index in [2.05, 4.69) is 10.3 Å². The molecule has 0 atom stereocenters. The SMILES string of the molecule is Cc1cccc(NC(N)=NCC2(CO)CC2)c1. The first-order valence-corrected chi connectivity index (χ1v) is 5.88. The summed E-state index contributed by atoms with van der Waals surface area (Å²) in [7, 11) is 0. The molecule has 1 aromatic carbocycles. The molecule has 4 N–H and O–H groups in total. The average molecular weight is 233 g/mol. The lowest BCUT2D eigenvalue weighted by Gasteiger charge is -2.10. The van der Waals surface area contributed by atoms with E-state index < -0.39 is 0 Å². The van der Waals surface area contributed by atoms with E-state index in [4.69, 9.17) is 10.8 Å². The summed E-state index contributed by atoms with van der Waals surface area (Å²) in [4.78, 5) is 4.28. The van der Waals surface area contributed by atoms with Crippen molar-refractivity contribution in [2.45, 2.75) is 19.8 Å². The summed E-state index contributed by atoms with van der Waals surface area (Å²) < 4.78 is 0. The number of guanidine groups is 1. The molecular formula is C13H19N3O. The van der Waals surface area contributed by atoms with Crippen LogP contribution in [0.25, 0.3) is 0 Å². The van der Waals surface area contributed by atoms with Gasteiger partial charge >= 0.3 is 0 Å². The first-order chi connectivity index (χ1) is 8.13. The number of benzene rings is 1. The van der Waals surface area contributed by atoms with Crippen LogP contribution in [0.4, 0.5) is 5.69 Å². The third kappa shape index (κ3) is 3.20. The summed E-state index contributed by atoms with van der Waals surface area (Å²) in [6, 6.07) is 7.97. The van der Waals surface area contributed by atoms with Crippen LogP contribution in [0.15, 0.2) is 29.3 Å². The Hall–Kier alpha value is -1.55. The van der Waals surface area contributed by atoms with Crippen LogP contribution < -0.4 is 11.1 Å². The second-order valence-corrected chi connectivity index (χ2v) is 4.85. The molecular weight excluding hydrogens is 214 g/mol. The van der Waals surface area contributed by atoms with Gasteiger partial charge in [-0.15, -0.1) is 0 Å². The average Bonchev–Trinajstić information content (AvgIpc) is 3.07. The lowest BCUT2D eigenvalue weighted by atomic mass is 10.1. The molecule has 0 heterocycles. The molecule has 0 spiro atoms. The van der Waals surface area contributed by atoms with Crippen molar-refractivity contribution in [3.8, 4) is 0 Å². The molecule has 2 rings (SSSR count). The van der Waals surface area contributed by atoms with Crippen molar-refractivity contribution in [2.75, 3.05) is 18.5 Å². The highest BCUT2D eigenvalue weighted by atomic mass is 16.3. The Bertz CT molecular complexity index is 424. The lowest BCUT2D eigenvalue weighted by molar-refractivity contribution is 0.217. The maximum Gasteiger partial charge on any atom is 0.193 e. The Morgan fingerprint density at radius 1 is 1.53 bits per heavy atom. The van der Waals surface area contributed by atoms with Crippen molar-refractivity contribution in [2.24, 2.45) is 16.1 Å². The maximum absolute atomic E-state index is 9.17. The topological polar surface area (TPSA) is 70.6 Å². The number of anilines is 1. The van der Waals surface area contributed by atoms with E-state index in [1.54, 1.807) is 0 Å². The Labute approximate surface area is 102 Å². The zero-order valence-electron chi connectivity index (χ0n) is 10.1. The number of aliphatic hydroxyl groups is 1. The van der Waals surface area contributed by atoms with Crippen molar-refractivity contribution in [1.29, 1.82) is 0 Å². The van der Waals surface area contributed by atoms with Gasteiger partial charge in [0.2, 0.25) is 0 Å². The number of rotatable bonds is 4. The van der Waals surface area contributed by atoms with Crippen LogP contribution in [0.3, 0.4) is 0 Å². The van der Waals surface area contributed by atoms with Crippen LogP contribution in [0.2, 0.25) is 0 Å². The van der Waals surface area contributed by atoms with Gasteiger partial charge in [-0.05, 0) is 37.5 Å². The zero-order chi connectivity index (χ0) is 12.3. The van der Waals surface area contributed by atoms with Crippen molar-refractivity contribution in [3.63, 3.8) is 0 Å². The fourth-order valence-corrected chi connectivity index (χ4v) is 1.71. The van der Waals surface area contributed by atoms with Crippen molar-refractivity contribution >= 4 is 11.6 Å². The van der Waals surface area contributed by atoms with E-state index >= 15 is 0 Å². The van der Waals surface area contributed by atoms with Gasteiger partial charge in [0.15, 0.2) is 5.96 Å². The molecule has 17 heavy (non-hydrogen) atoms. The summed E-state index contributed by atoms with van der Waals surface area (Å²) >= 11 is 0. The minimum absolute atomic E-state index is 0.0128. The van der Waals surface area contributed by atoms with Gasteiger partial charge in [-0.3, -0.25) is 4.99 Å². The van der Waals surface area contributed by atoms with Gasteiger partial charge in [-0.25, -0.2) is 0 Å². The fourth-order valence-electron chi connectivity index (χ4n) is 1.71. The number of aliphatic imine (C=N–C) groups is 1. The number of hydrogen-bond acceptors (Lipinski definition) is 2. The largest absolute Gasteiger partial charge is 0.396 e. The Morgan fingerprint density at radius 3 is 2.88 bits per heavy atom. The van der Waals surface area contributed by atoms with Gasteiger partial charge in [0.25, 0.3) is 0 Å². The lowest BCUT2D eigenvalue weighted by Crippen LogP contribution is -2.24. The summed E-state index contributed by atoms with van der Waals surface area (Å²) in [6.45, 7) is 2.84. The molecule has 1 saturated carbocycles. The van der Waals surface area contributed by atoms with E-state index in [-0.39, 0.29) is 12.0 Å². The molecule has 0 aromatic heterocycles. The van der Waals surface area contributed by atoms with E-state index in [0.717, 1.165) is 18.5 Å². The van der Waals surface area contributed by atoms with Crippen molar-refractivity contribution in [3.05, 3.63) is 29.8 Å². The van der Waals surface area contributed by atoms with E-state index in [0.29, 0.717) is 12.5 Å². The Kier molecular flexibility index (Phi) is 3.33. The number of aliphatic hydroxyl groups excluding tert-OH is 1. The van der Waals surface area contributed by atoms with Gasteiger partial charge < -0.3 is 16.2 Å². The molecule has 1 aromatic rings. The molecule has 1 aliphatic rings. The highest BCUT2D eigenvalue weighted by molar-refractivity contribution is 5.92. The molecule has 0 saturated heterocycles. The molecule has 92 valence electrons. The van der Waals surface area contributed by atoms with Crippen LogP contribution in [-0.2, 0) is 0 Å². The first-order valence-electron chi connectivity index (χ1n) is 5.88. The predicted octanol–water partition coefficient (Wildman–Crippen LogP) is 1.49. The molecule has 4 nitrogen and oxygen atoms in total. The normalized spacial score (nSPS) is 17.9. The molecule has 0 radical (unpaired) electrons. The number of nitrogens with zero attached hydrogens (tertiary/aromatic N) is 1. The number of aryl methyl sites for hydroxylation is 1. The van der Waals surface area contributed by atoms with E-state index in [1.807, 2.05) is 31.2 Å². The minimum atomic E-state index is 0.0128. The molecule has 0 aliphatic heterocycles. The predicted molar refractivity (Wildman–Crippen MR) is 70.0 cm³/mol. The van der Waals surface area contributed by atoms with Crippen molar-refractivity contribution in [1.82, 2.24) is 0 Å². The number of nitrogens with two attached hydrogens (primary N) is 1. The molecule has 0 unspecified atom stereocenters. The monoisotopic (exact) mass is 233 g/mol. The number of hydrogen-bond donors (Lipinski definition) is 3. The summed E-state index contributed by atoms with van der Waals surface area (Å²) in [5, 5.41) is 12.2. The second kappa shape index (κ2) is 4.75.